The van der Waals surface area contributed by atoms with E-state index >= 15 is 0 Å². The van der Waals surface area contributed by atoms with Crippen LogP contribution in [0.4, 0.5) is 8.78 Å². The normalized spacial score (nSPS) is 10.4. The molecule has 2 rings (SSSR count). The zero-order valence-electron chi connectivity index (χ0n) is 13.9. The second kappa shape index (κ2) is 8.86. The summed E-state index contributed by atoms with van der Waals surface area (Å²) >= 11 is 0. The lowest BCUT2D eigenvalue weighted by molar-refractivity contribution is -0.0512. The summed E-state index contributed by atoms with van der Waals surface area (Å²) in [6, 6.07) is 11.6. The molecule has 1 N–H and O–H groups in total. The van der Waals surface area contributed by atoms with Crippen molar-refractivity contribution >= 4 is 5.91 Å². The molecule has 0 bridgehead atoms. The van der Waals surface area contributed by atoms with E-state index < -0.39 is 6.61 Å². The Labute approximate surface area is 144 Å². The van der Waals surface area contributed by atoms with Gasteiger partial charge in [-0.1, -0.05) is 12.1 Å². The maximum Gasteiger partial charge on any atom is 0.387 e. The first-order valence-electron chi connectivity index (χ1n) is 7.57. The standard InChI is InChI=1S/C18H19F2NO4/c1-23-14-6-3-12(4-7-14)9-10-21-17(22)13-5-8-15(25-18(19)20)16(11-13)24-2/h3-8,11,18H,9-10H2,1-2H3,(H,21,22). The number of hydrogen-bond donors (Lipinski definition) is 1. The molecule has 7 heteroatoms. The van der Waals surface area contributed by atoms with Crippen molar-refractivity contribution in [1.29, 1.82) is 0 Å². The number of benzene rings is 2. The number of methoxy groups -OCH3 is 2. The maximum absolute atomic E-state index is 12.3. The van der Waals surface area contributed by atoms with Gasteiger partial charge in [0.1, 0.15) is 5.75 Å². The molecule has 0 saturated heterocycles. The van der Waals surface area contributed by atoms with Crippen molar-refractivity contribution in [1.82, 2.24) is 5.32 Å². The number of halogens is 2. The van der Waals surface area contributed by atoms with E-state index in [9.17, 15) is 13.6 Å². The number of rotatable bonds is 8. The highest BCUT2D eigenvalue weighted by molar-refractivity contribution is 5.94. The van der Waals surface area contributed by atoms with E-state index in [4.69, 9.17) is 9.47 Å². The second-order valence-electron chi connectivity index (χ2n) is 5.10. The van der Waals surface area contributed by atoms with Gasteiger partial charge in [-0.2, -0.15) is 8.78 Å². The van der Waals surface area contributed by atoms with Crippen molar-refractivity contribution in [3.05, 3.63) is 53.6 Å². The lowest BCUT2D eigenvalue weighted by Crippen LogP contribution is -2.25. The van der Waals surface area contributed by atoms with Gasteiger partial charge in [-0.05, 0) is 42.3 Å². The second-order valence-corrected chi connectivity index (χ2v) is 5.10. The summed E-state index contributed by atoms with van der Waals surface area (Å²) in [7, 11) is 2.92. The molecule has 0 fully saturated rings. The number of nitrogens with one attached hydrogen (secondary N) is 1. The molecular weight excluding hydrogens is 332 g/mol. The van der Waals surface area contributed by atoms with Gasteiger partial charge < -0.3 is 19.5 Å². The van der Waals surface area contributed by atoms with Crippen molar-refractivity contribution < 1.29 is 27.8 Å². The highest BCUT2D eigenvalue weighted by Gasteiger charge is 2.14. The third-order valence-corrected chi connectivity index (χ3v) is 3.50. The van der Waals surface area contributed by atoms with E-state index in [1.54, 1.807) is 7.11 Å². The first kappa shape index (κ1) is 18.5. The minimum absolute atomic E-state index is 0.0723. The third kappa shape index (κ3) is 5.34. The van der Waals surface area contributed by atoms with Gasteiger partial charge in [0, 0.05) is 12.1 Å². The molecule has 0 spiro atoms. The summed E-state index contributed by atoms with van der Waals surface area (Å²) in [5.41, 5.74) is 1.35. The lowest BCUT2D eigenvalue weighted by atomic mass is 10.1. The molecular formula is C18H19F2NO4. The van der Waals surface area contributed by atoms with Crippen LogP contribution in [0.2, 0.25) is 0 Å². The Morgan fingerprint density at radius 2 is 1.76 bits per heavy atom. The summed E-state index contributed by atoms with van der Waals surface area (Å²) in [4.78, 5) is 12.2. The monoisotopic (exact) mass is 351 g/mol. The van der Waals surface area contributed by atoms with Crippen molar-refractivity contribution in [2.24, 2.45) is 0 Å². The molecule has 25 heavy (non-hydrogen) atoms. The SMILES string of the molecule is COc1ccc(CCNC(=O)c2ccc(OC(F)F)c(OC)c2)cc1. The van der Waals surface area contributed by atoms with Gasteiger partial charge in [-0.3, -0.25) is 4.79 Å². The largest absolute Gasteiger partial charge is 0.497 e. The molecule has 0 aliphatic carbocycles. The van der Waals surface area contributed by atoms with Crippen LogP contribution in [0.15, 0.2) is 42.5 Å². The van der Waals surface area contributed by atoms with Crippen LogP contribution >= 0.6 is 0 Å². The zero-order valence-corrected chi connectivity index (χ0v) is 13.9. The smallest absolute Gasteiger partial charge is 0.387 e. The maximum atomic E-state index is 12.3. The zero-order chi connectivity index (χ0) is 18.2. The molecule has 0 heterocycles. The first-order chi connectivity index (χ1) is 12.0. The van der Waals surface area contributed by atoms with Crippen molar-refractivity contribution in [3.63, 3.8) is 0 Å². The molecule has 0 atom stereocenters. The molecule has 0 aliphatic rings. The summed E-state index contributed by atoms with van der Waals surface area (Å²) in [5.74, 6) is 0.400. The highest BCUT2D eigenvalue weighted by atomic mass is 19.3. The van der Waals surface area contributed by atoms with Crippen LogP contribution in [-0.2, 0) is 6.42 Å². The van der Waals surface area contributed by atoms with E-state index in [0.29, 0.717) is 18.5 Å². The number of carbonyl (C=O) groups excluding carboxylic acids is 1. The minimum atomic E-state index is -2.96. The fourth-order valence-electron chi connectivity index (χ4n) is 2.22. The molecule has 2 aromatic rings. The average molecular weight is 351 g/mol. The van der Waals surface area contributed by atoms with Crippen LogP contribution in [0, 0.1) is 0 Å². The number of amides is 1. The molecule has 134 valence electrons. The van der Waals surface area contributed by atoms with Crippen LogP contribution < -0.4 is 19.5 Å². The predicted octanol–water partition coefficient (Wildman–Crippen LogP) is 3.28. The van der Waals surface area contributed by atoms with Gasteiger partial charge in [0.25, 0.3) is 5.91 Å². The Bertz CT molecular complexity index is 705. The first-order valence-corrected chi connectivity index (χ1v) is 7.57. The Kier molecular flexibility index (Phi) is 6.56. The molecule has 5 nitrogen and oxygen atoms in total. The van der Waals surface area contributed by atoms with Crippen LogP contribution in [-0.4, -0.2) is 33.3 Å². The molecule has 0 aromatic heterocycles. The van der Waals surface area contributed by atoms with Gasteiger partial charge in [0.15, 0.2) is 11.5 Å². The van der Waals surface area contributed by atoms with E-state index in [1.165, 1.54) is 25.3 Å². The summed E-state index contributed by atoms with van der Waals surface area (Å²) in [6.45, 7) is -2.53. The Morgan fingerprint density at radius 1 is 1.04 bits per heavy atom. The topological polar surface area (TPSA) is 56.8 Å². The van der Waals surface area contributed by atoms with E-state index in [0.717, 1.165) is 11.3 Å². The summed E-state index contributed by atoms with van der Waals surface area (Å²) < 4.78 is 39.0. The Morgan fingerprint density at radius 3 is 2.36 bits per heavy atom. The average Bonchev–Trinajstić information content (AvgIpc) is 2.62. The van der Waals surface area contributed by atoms with Crippen LogP contribution in [0.25, 0.3) is 0 Å². The van der Waals surface area contributed by atoms with Gasteiger partial charge >= 0.3 is 6.61 Å². The fraction of sp³-hybridized carbons (Fsp3) is 0.278. The molecule has 2 aromatic carbocycles. The molecule has 0 unspecified atom stereocenters. The molecule has 1 amide bonds. The van der Waals surface area contributed by atoms with Crippen molar-refractivity contribution in [2.75, 3.05) is 20.8 Å². The fourth-order valence-corrected chi connectivity index (χ4v) is 2.22. The van der Waals surface area contributed by atoms with Gasteiger partial charge in [0.2, 0.25) is 0 Å². The van der Waals surface area contributed by atoms with Crippen LogP contribution in [0.5, 0.6) is 17.2 Å². The van der Waals surface area contributed by atoms with E-state index in [2.05, 4.69) is 10.1 Å². The predicted molar refractivity (Wildman–Crippen MR) is 88.7 cm³/mol. The van der Waals surface area contributed by atoms with E-state index in [-0.39, 0.29) is 17.4 Å². The minimum Gasteiger partial charge on any atom is -0.497 e. The van der Waals surface area contributed by atoms with E-state index in [1.807, 2.05) is 24.3 Å². The van der Waals surface area contributed by atoms with Crippen molar-refractivity contribution in [3.8, 4) is 17.2 Å². The number of carbonyl (C=O) groups is 1. The number of ether oxygens (including phenoxy) is 3. The van der Waals surface area contributed by atoms with Crippen molar-refractivity contribution in [2.45, 2.75) is 13.0 Å². The lowest BCUT2D eigenvalue weighted by Gasteiger charge is -2.11. The summed E-state index contributed by atoms with van der Waals surface area (Å²) in [6.07, 6.45) is 0.652. The number of hydrogen-bond acceptors (Lipinski definition) is 4. The molecule has 0 radical (unpaired) electrons. The summed E-state index contributed by atoms with van der Waals surface area (Å²) in [5, 5.41) is 2.77. The molecule has 0 saturated carbocycles. The number of alkyl halides is 2. The Hall–Kier alpha value is -2.83. The molecule has 0 aliphatic heterocycles. The Balaban J connectivity index is 1.93. The highest BCUT2D eigenvalue weighted by Crippen LogP contribution is 2.29. The van der Waals surface area contributed by atoms with Gasteiger partial charge in [0.05, 0.1) is 14.2 Å². The van der Waals surface area contributed by atoms with Crippen LogP contribution in [0.1, 0.15) is 15.9 Å². The quantitative estimate of drug-likeness (QED) is 0.793. The van der Waals surface area contributed by atoms with Gasteiger partial charge in [-0.25, -0.2) is 0 Å². The van der Waals surface area contributed by atoms with Gasteiger partial charge in [-0.15, -0.1) is 0 Å². The third-order valence-electron chi connectivity index (χ3n) is 3.50. The van der Waals surface area contributed by atoms with Crippen LogP contribution in [0.3, 0.4) is 0 Å².